The smallest absolute Gasteiger partial charge is 0.335 e. The van der Waals surface area contributed by atoms with E-state index in [1.807, 2.05) is 42.5 Å². The summed E-state index contributed by atoms with van der Waals surface area (Å²) < 4.78 is 5.61. The Morgan fingerprint density at radius 3 is 2.22 bits per heavy atom. The van der Waals surface area contributed by atoms with Gasteiger partial charge in [-0.05, 0) is 29.8 Å². The number of para-hydroxylation sites is 1. The van der Waals surface area contributed by atoms with Crippen LogP contribution in [0, 0.1) is 0 Å². The monoisotopic (exact) mass is 370 g/mol. The summed E-state index contributed by atoms with van der Waals surface area (Å²) in [7, 11) is 0. The van der Waals surface area contributed by atoms with Crippen LogP contribution in [0.15, 0.2) is 54.6 Å². The van der Waals surface area contributed by atoms with E-state index in [9.17, 15) is 9.90 Å². The summed E-state index contributed by atoms with van der Waals surface area (Å²) in [5.74, 6) is -0.125. The third kappa shape index (κ3) is 6.06. The molecule has 0 radical (unpaired) electrons. The van der Waals surface area contributed by atoms with Crippen molar-refractivity contribution in [3.63, 3.8) is 0 Å². The number of aromatic carboxylic acids is 1. The van der Waals surface area contributed by atoms with Crippen LogP contribution in [0.1, 0.15) is 15.9 Å². The van der Waals surface area contributed by atoms with Crippen molar-refractivity contribution < 1.29 is 19.7 Å². The van der Waals surface area contributed by atoms with E-state index >= 15 is 0 Å². The zero-order valence-corrected chi connectivity index (χ0v) is 15.3. The van der Waals surface area contributed by atoms with Crippen molar-refractivity contribution in [2.45, 2.75) is 12.6 Å². The van der Waals surface area contributed by atoms with Crippen molar-refractivity contribution in [3.05, 3.63) is 65.7 Å². The highest BCUT2D eigenvalue weighted by Gasteiger charge is 2.19. The Kier molecular flexibility index (Phi) is 6.81. The van der Waals surface area contributed by atoms with Gasteiger partial charge < -0.3 is 14.9 Å². The largest absolute Gasteiger partial charge is 0.491 e. The number of carbonyl (C=O) groups is 1. The standard InChI is InChI=1S/C21H26N2O4/c24-19(16-27-20-4-2-1-3-5-20)15-23-12-10-22(11-13-23)14-17-6-8-18(9-7-17)21(25)26/h1-9,19,24H,10-16H2,(H,25,26). The molecule has 2 aromatic rings. The minimum atomic E-state index is -0.898. The van der Waals surface area contributed by atoms with Crippen molar-refractivity contribution in [3.8, 4) is 5.75 Å². The molecule has 0 spiro atoms. The van der Waals surface area contributed by atoms with E-state index < -0.39 is 12.1 Å². The number of aliphatic hydroxyl groups is 1. The van der Waals surface area contributed by atoms with E-state index in [0.29, 0.717) is 18.7 Å². The zero-order chi connectivity index (χ0) is 19.1. The lowest BCUT2D eigenvalue weighted by Gasteiger charge is -2.35. The highest BCUT2D eigenvalue weighted by molar-refractivity contribution is 5.87. The molecule has 6 heteroatoms. The van der Waals surface area contributed by atoms with Crippen LogP contribution in [0.25, 0.3) is 0 Å². The van der Waals surface area contributed by atoms with Gasteiger partial charge in [-0.1, -0.05) is 30.3 Å². The van der Waals surface area contributed by atoms with Crippen LogP contribution in [0.3, 0.4) is 0 Å². The van der Waals surface area contributed by atoms with Gasteiger partial charge in [-0.25, -0.2) is 4.79 Å². The van der Waals surface area contributed by atoms with Gasteiger partial charge in [0.25, 0.3) is 0 Å². The fourth-order valence-corrected chi connectivity index (χ4v) is 3.20. The molecule has 1 fully saturated rings. The second-order valence-corrected chi connectivity index (χ2v) is 6.86. The minimum Gasteiger partial charge on any atom is -0.491 e. The Hall–Kier alpha value is -2.41. The Balaban J connectivity index is 1.37. The fourth-order valence-electron chi connectivity index (χ4n) is 3.20. The SMILES string of the molecule is O=C(O)c1ccc(CN2CCN(CC(O)COc3ccccc3)CC2)cc1. The van der Waals surface area contributed by atoms with E-state index in [-0.39, 0.29) is 0 Å². The predicted octanol–water partition coefficient (Wildman–Crippen LogP) is 1.94. The lowest BCUT2D eigenvalue weighted by atomic mass is 10.1. The summed E-state index contributed by atoms with van der Waals surface area (Å²) in [6.07, 6.45) is -0.514. The van der Waals surface area contributed by atoms with Gasteiger partial charge in [0.1, 0.15) is 18.5 Å². The van der Waals surface area contributed by atoms with Crippen molar-refractivity contribution >= 4 is 5.97 Å². The first-order valence-corrected chi connectivity index (χ1v) is 9.23. The molecular weight excluding hydrogens is 344 g/mol. The van der Waals surface area contributed by atoms with E-state index in [2.05, 4.69) is 9.80 Å². The second kappa shape index (κ2) is 9.50. The van der Waals surface area contributed by atoms with Gasteiger partial charge in [0.2, 0.25) is 0 Å². The number of β-amino-alcohol motifs (C(OH)–C–C–N with tert-alkyl or cyclic N) is 1. The average molecular weight is 370 g/mol. The third-order valence-corrected chi connectivity index (χ3v) is 4.73. The molecule has 0 saturated carbocycles. The van der Waals surface area contributed by atoms with Gasteiger partial charge >= 0.3 is 5.97 Å². The Morgan fingerprint density at radius 2 is 1.59 bits per heavy atom. The molecule has 1 atom stereocenters. The third-order valence-electron chi connectivity index (χ3n) is 4.73. The molecule has 27 heavy (non-hydrogen) atoms. The number of benzene rings is 2. The second-order valence-electron chi connectivity index (χ2n) is 6.86. The Morgan fingerprint density at radius 1 is 0.963 bits per heavy atom. The number of carboxylic acid groups (broad SMARTS) is 1. The molecular formula is C21H26N2O4. The lowest BCUT2D eigenvalue weighted by Crippen LogP contribution is -2.48. The van der Waals surface area contributed by atoms with Crippen LogP contribution < -0.4 is 4.74 Å². The number of rotatable bonds is 8. The van der Waals surface area contributed by atoms with E-state index in [0.717, 1.165) is 44.0 Å². The van der Waals surface area contributed by atoms with Gasteiger partial charge in [0.15, 0.2) is 0 Å². The lowest BCUT2D eigenvalue weighted by molar-refractivity contribution is 0.0446. The first-order valence-electron chi connectivity index (χ1n) is 9.23. The summed E-state index contributed by atoms with van der Waals surface area (Å²) in [4.78, 5) is 15.5. The van der Waals surface area contributed by atoms with Gasteiger partial charge in [0.05, 0.1) is 5.56 Å². The highest BCUT2D eigenvalue weighted by atomic mass is 16.5. The summed E-state index contributed by atoms with van der Waals surface area (Å²) in [5, 5.41) is 19.2. The van der Waals surface area contributed by atoms with Gasteiger partial charge in [-0.15, -0.1) is 0 Å². The molecule has 0 bridgehead atoms. The van der Waals surface area contributed by atoms with E-state index in [1.54, 1.807) is 12.1 Å². The maximum Gasteiger partial charge on any atom is 0.335 e. The van der Waals surface area contributed by atoms with Crippen molar-refractivity contribution in [1.29, 1.82) is 0 Å². The highest BCUT2D eigenvalue weighted by Crippen LogP contribution is 2.12. The van der Waals surface area contributed by atoms with Crippen molar-refractivity contribution in [1.82, 2.24) is 9.80 Å². The molecule has 2 aromatic carbocycles. The number of hydrogen-bond donors (Lipinski definition) is 2. The summed E-state index contributed by atoms with van der Waals surface area (Å²) in [6.45, 7) is 5.35. The van der Waals surface area contributed by atoms with Crippen LogP contribution >= 0.6 is 0 Å². The van der Waals surface area contributed by atoms with Crippen molar-refractivity contribution in [2.75, 3.05) is 39.3 Å². The number of hydrogen-bond acceptors (Lipinski definition) is 5. The molecule has 144 valence electrons. The topological polar surface area (TPSA) is 73.2 Å². The molecule has 1 aliphatic heterocycles. The average Bonchev–Trinajstić information content (AvgIpc) is 2.69. The number of ether oxygens (including phenoxy) is 1. The molecule has 1 unspecified atom stereocenters. The number of nitrogens with zero attached hydrogens (tertiary/aromatic N) is 2. The molecule has 1 aliphatic rings. The zero-order valence-electron chi connectivity index (χ0n) is 15.3. The number of aliphatic hydroxyl groups excluding tert-OH is 1. The van der Waals surface area contributed by atoms with Crippen LogP contribution in [0.4, 0.5) is 0 Å². The van der Waals surface area contributed by atoms with Gasteiger partial charge in [-0.3, -0.25) is 9.80 Å². The fraction of sp³-hybridized carbons (Fsp3) is 0.381. The maximum absolute atomic E-state index is 10.9. The normalized spacial score (nSPS) is 16.8. The van der Waals surface area contributed by atoms with Gasteiger partial charge in [-0.2, -0.15) is 0 Å². The van der Waals surface area contributed by atoms with E-state index in [1.165, 1.54) is 0 Å². The maximum atomic E-state index is 10.9. The summed E-state index contributed by atoms with van der Waals surface area (Å²) in [5.41, 5.74) is 1.43. The molecule has 1 heterocycles. The minimum absolute atomic E-state index is 0.292. The number of carboxylic acids is 1. The van der Waals surface area contributed by atoms with Crippen LogP contribution in [0.2, 0.25) is 0 Å². The molecule has 2 N–H and O–H groups in total. The van der Waals surface area contributed by atoms with E-state index in [4.69, 9.17) is 9.84 Å². The van der Waals surface area contributed by atoms with Crippen molar-refractivity contribution in [2.24, 2.45) is 0 Å². The first kappa shape index (κ1) is 19.4. The number of piperazine rings is 1. The summed E-state index contributed by atoms with van der Waals surface area (Å²) >= 11 is 0. The van der Waals surface area contributed by atoms with Crippen LogP contribution in [-0.2, 0) is 6.54 Å². The quantitative estimate of drug-likeness (QED) is 0.740. The molecule has 0 aliphatic carbocycles. The molecule has 3 rings (SSSR count). The molecule has 0 aromatic heterocycles. The molecule has 0 amide bonds. The van der Waals surface area contributed by atoms with Crippen LogP contribution in [0.5, 0.6) is 5.75 Å². The molecule has 1 saturated heterocycles. The molecule has 6 nitrogen and oxygen atoms in total. The first-order chi connectivity index (χ1) is 13.1. The Bertz CT molecular complexity index is 713. The summed E-state index contributed by atoms with van der Waals surface area (Å²) in [6, 6.07) is 16.6. The Labute approximate surface area is 159 Å². The predicted molar refractivity (Wildman–Crippen MR) is 103 cm³/mol. The van der Waals surface area contributed by atoms with Gasteiger partial charge in [0, 0.05) is 39.3 Å². The van der Waals surface area contributed by atoms with Crippen LogP contribution in [-0.4, -0.2) is 71.4 Å².